The second-order valence-corrected chi connectivity index (χ2v) is 6.10. The first-order valence-electron chi connectivity index (χ1n) is 8.52. The Kier molecular flexibility index (Phi) is 4.45. The molecule has 3 aromatic rings. The highest BCUT2D eigenvalue weighted by molar-refractivity contribution is 5.95. The van der Waals surface area contributed by atoms with Crippen LogP contribution in [-0.2, 0) is 16.1 Å². The maximum Gasteiger partial charge on any atom is 0.227 e. The van der Waals surface area contributed by atoms with Gasteiger partial charge in [-0.05, 0) is 42.8 Å². The smallest absolute Gasteiger partial charge is 0.227 e. The summed E-state index contributed by atoms with van der Waals surface area (Å²) in [4.78, 5) is 22.4. The molecular formula is C19H19N5O2. The van der Waals surface area contributed by atoms with E-state index in [0.717, 1.165) is 35.7 Å². The van der Waals surface area contributed by atoms with Gasteiger partial charge in [-0.25, -0.2) is 9.67 Å². The molecule has 0 N–H and O–H groups in total. The van der Waals surface area contributed by atoms with Gasteiger partial charge in [-0.1, -0.05) is 0 Å². The Balaban J connectivity index is 1.71. The molecule has 0 atom stereocenters. The molecule has 7 heteroatoms. The van der Waals surface area contributed by atoms with Gasteiger partial charge < -0.3 is 9.64 Å². The first-order chi connectivity index (χ1) is 12.8. The van der Waals surface area contributed by atoms with Crippen LogP contribution < -0.4 is 4.90 Å². The lowest BCUT2D eigenvalue weighted by molar-refractivity contribution is -0.117. The van der Waals surface area contributed by atoms with E-state index in [1.54, 1.807) is 24.2 Å². The third-order valence-electron chi connectivity index (χ3n) is 4.34. The summed E-state index contributed by atoms with van der Waals surface area (Å²) in [5, 5.41) is 4.55. The highest BCUT2D eigenvalue weighted by Crippen LogP contribution is 2.26. The zero-order valence-corrected chi connectivity index (χ0v) is 14.5. The van der Waals surface area contributed by atoms with Gasteiger partial charge >= 0.3 is 0 Å². The molecule has 0 radical (unpaired) electrons. The Hall–Kier alpha value is -3.06. The molecule has 1 amide bonds. The lowest BCUT2D eigenvalue weighted by Gasteiger charge is -2.15. The molecule has 0 bridgehead atoms. The fraction of sp³-hybridized carbons (Fsp3) is 0.263. The second kappa shape index (κ2) is 7.05. The lowest BCUT2D eigenvalue weighted by Crippen LogP contribution is -2.23. The summed E-state index contributed by atoms with van der Waals surface area (Å²) in [6.45, 7) is 1.12. The van der Waals surface area contributed by atoms with Crippen LogP contribution in [0.3, 0.4) is 0 Å². The van der Waals surface area contributed by atoms with Crippen molar-refractivity contribution in [3.63, 3.8) is 0 Å². The molecule has 1 saturated heterocycles. The molecule has 1 aliphatic rings. The summed E-state index contributed by atoms with van der Waals surface area (Å²) >= 11 is 0. The highest BCUT2D eigenvalue weighted by Gasteiger charge is 2.22. The van der Waals surface area contributed by atoms with Gasteiger partial charge in [0.05, 0.1) is 5.69 Å². The maximum atomic E-state index is 11.9. The standard InChI is InChI=1S/C19H19N5O2/c1-26-13-17-21-19(24(22-17)16-8-10-20-11-9-16)14-4-6-15(7-5-14)23-12-2-3-18(23)25/h4-11H,2-3,12-13H2,1H3. The minimum absolute atomic E-state index is 0.181. The Labute approximate surface area is 151 Å². The number of methoxy groups -OCH3 is 1. The maximum absolute atomic E-state index is 11.9. The van der Waals surface area contributed by atoms with Crippen LogP contribution in [0.15, 0.2) is 48.8 Å². The fourth-order valence-electron chi connectivity index (χ4n) is 3.11. The van der Waals surface area contributed by atoms with Gasteiger partial charge in [0.1, 0.15) is 6.61 Å². The van der Waals surface area contributed by atoms with Gasteiger partial charge in [-0.3, -0.25) is 9.78 Å². The molecule has 132 valence electrons. The van der Waals surface area contributed by atoms with Crippen LogP contribution in [0.5, 0.6) is 0 Å². The third-order valence-corrected chi connectivity index (χ3v) is 4.34. The number of pyridine rings is 1. The Morgan fingerprint density at radius 2 is 1.85 bits per heavy atom. The summed E-state index contributed by atoms with van der Waals surface area (Å²) in [5.74, 6) is 1.51. The van der Waals surface area contributed by atoms with Crippen molar-refractivity contribution in [1.82, 2.24) is 19.7 Å². The van der Waals surface area contributed by atoms with Gasteiger partial charge in [0.2, 0.25) is 5.91 Å². The van der Waals surface area contributed by atoms with Gasteiger partial charge in [0, 0.05) is 43.7 Å². The number of aromatic nitrogens is 4. The predicted octanol–water partition coefficient (Wildman–Crippen LogP) is 2.60. The first-order valence-corrected chi connectivity index (χ1v) is 8.52. The van der Waals surface area contributed by atoms with E-state index in [0.29, 0.717) is 18.9 Å². The summed E-state index contributed by atoms with van der Waals surface area (Å²) in [5.41, 5.74) is 2.72. The van der Waals surface area contributed by atoms with Crippen molar-refractivity contribution in [2.75, 3.05) is 18.6 Å². The van der Waals surface area contributed by atoms with Crippen LogP contribution >= 0.6 is 0 Å². The number of carbonyl (C=O) groups excluding carboxylic acids is 1. The SMILES string of the molecule is COCc1nc(-c2ccc(N3CCCC3=O)cc2)n(-c2ccncc2)n1. The number of amides is 1. The zero-order valence-electron chi connectivity index (χ0n) is 14.5. The number of ether oxygens (including phenoxy) is 1. The van der Waals surface area contributed by atoms with Gasteiger partial charge in [-0.2, -0.15) is 0 Å². The van der Waals surface area contributed by atoms with Gasteiger partial charge in [0.25, 0.3) is 0 Å². The number of rotatable bonds is 5. The molecule has 4 rings (SSSR count). The number of benzene rings is 1. The summed E-state index contributed by atoms with van der Waals surface area (Å²) < 4.78 is 6.96. The highest BCUT2D eigenvalue weighted by atomic mass is 16.5. The van der Waals surface area contributed by atoms with E-state index in [1.165, 1.54) is 0 Å². The number of anilines is 1. The number of hydrogen-bond donors (Lipinski definition) is 0. The van der Waals surface area contributed by atoms with E-state index in [-0.39, 0.29) is 5.91 Å². The second-order valence-electron chi connectivity index (χ2n) is 6.10. The van der Waals surface area contributed by atoms with E-state index in [2.05, 4.69) is 15.1 Å². The lowest BCUT2D eigenvalue weighted by atomic mass is 10.2. The molecule has 26 heavy (non-hydrogen) atoms. The Morgan fingerprint density at radius 3 is 2.50 bits per heavy atom. The monoisotopic (exact) mass is 349 g/mol. The molecule has 2 aromatic heterocycles. The molecule has 3 heterocycles. The Morgan fingerprint density at radius 1 is 1.08 bits per heavy atom. The minimum Gasteiger partial charge on any atom is -0.377 e. The van der Waals surface area contributed by atoms with Crippen LogP contribution in [0, 0.1) is 0 Å². The van der Waals surface area contributed by atoms with Crippen LogP contribution in [0.1, 0.15) is 18.7 Å². The summed E-state index contributed by atoms with van der Waals surface area (Å²) in [6.07, 6.45) is 4.98. The van der Waals surface area contributed by atoms with Crippen LogP contribution in [-0.4, -0.2) is 39.3 Å². The molecule has 1 aromatic carbocycles. The first kappa shape index (κ1) is 16.4. The fourth-order valence-corrected chi connectivity index (χ4v) is 3.11. The zero-order chi connectivity index (χ0) is 17.9. The number of hydrogen-bond acceptors (Lipinski definition) is 5. The van der Waals surface area contributed by atoms with E-state index in [1.807, 2.05) is 41.3 Å². The van der Waals surface area contributed by atoms with Crippen molar-refractivity contribution < 1.29 is 9.53 Å². The number of carbonyl (C=O) groups is 1. The summed E-state index contributed by atoms with van der Waals surface area (Å²) in [7, 11) is 1.62. The molecule has 1 fully saturated rings. The summed E-state index contributed by atoms with van der Waals surface area (Å²) in [6, 6.07) is 11.6. The van der Waals surface area contributed by atoms with Gasteiger partial charge in [0.15, 0.2) is 11.6 Å². The quantitative estimate of drug-likeness (QED) is 0.708. The Bertz CT molecular complexity index is 905. The predicted molar refractivity (Wildman–Crippen MR) is 96.9 cm³/mol. The molecule has 0 saturated carbocycles. The van der Waals surface area contributed by atoms with E-state index < -0.39 is 0 Å². The van der Waals surface area contributed by atoms with Crippen molar-refractivity contribution in [3.05, 3.63) is 54.6 Å². The molecular weight excluding hydrogens is 330 g/mol. The molecule has 0 spiro atoms. The molecule has 7 nitrogen and oxygen atoms in total. The molecule has 0 unspecified atom stereocenters. The van der Waals surface area contributed by atoms with Gasteiger partial charge in [-0.15, -0.1) is 5.10 Å². The van der Waals surface area contributed by atoms with Crippen LogP contribution in [0.25, 0.3) is 17.1 Å². The van der Waals surface area contributed by atoms with E-state index in [9.17, 15) is 4.79 Å². The van der Waals surface area contributed by atoms with Crippen LogP contribution in [0.2, 0.25) is 0 Å². The van der Waals surface area contributed by atoms with Crippen molar-refractivity contribution in [2.24, 2.45) is 0 Å². The average molecular weight is 349 g/mol. The topological polar surface area (TPSA) is 73.1 Å². The minimum atomic E-state index is 0.181. The van der Waals surface area contributed by atoms with Crippen molar-refractivity contribution in [1.29, 1.82) is 0 Å². The largest absolute Gasteiger partial charge is 0.377 e. The van der Waals surface area contributed by atoms with Crippen molar-refractivity contribution in [3.8, 4) is 17.1 Å². The molecule has 1 aliphatic heterocycles. The normalized spacial score (nSPS) is 14.2. The van der Waals surface area contributed by atoms with E-state index in [4.69, 9.17) is 4.74 Å². The third kappa shape index (κ3) is 3.09. The van der Waals surface area contributed by atoms with E-state index >= 15 is 0 Å². The molecule has 0 aliphatic carbocycles. The number of nitrogens with zero attached hydrogens (tertiary/aromatic N) is 5. The van der Waals surface area contributed by atoms with Crippen molar-refractivity contribution in [2.45, 2.75) is 19.4 Å². The van der Waals surface area contributed by atoms with Crippen LogP contribution in [0.4, 0.5) is 5.69 Å². The van der Waals surface area contributed by atoms with Crippen molar-refractivity contribution >= 4 is 11.6 Å². The average Bonchev–Trinajstić information content (AvgIpc) is 3.29.